The van der Waals surface area contributed by atoms with Crippen molar-refractivity contribution in [3.8, 4) is 5.75 Å². The Bertz CT molecular complexity index is 597. The van der Waals surface area contributed by atoms with E-state index in [0.717, 1.165) is 42.1 Å². The summed E-state index contributed by atoms with van der Waals surface area (Å²) in [4.78, 5) is 9.40. The Morgan fingerprint density at radius 3 is 2.54 bits per heavy atom. The van der Waals surface area contributed by atoms with Crippen LogP contribution in [0.5, 0.6) is 5.75 Å². The maximum atomic E-state index is 5.64. The zero-order chi connectivity index (χ0) is 16.9. The van der Waals surface area contributed by atoms with Gasteiger partial charge in [-0.2, -0.15) is 4.99 Å². The molecule has 4 nitrogen and oxygen atoms in total. The first-order chi connectivity index (χ1) is 11.7. The summed E-state index contributed by atoms with van der Waals surface area (Å²) in [6, 6.07) is 8.33. The Balaban J connectivity index is 1.86. The van der Waals surface area contributed by atoms with Gasteiger partial charge >= 0.3 is 0 Å². The predicted octanol–water partition coefficient (Wildman–Crippen LogP) is 4.28. The number of thiocarbonyl (C=S) groups is 1. The highest BCUT2D eigenvalue weighted by molar-refractivity contribution is 8.14. The summed E-state index contributed by atoms with van der Waals surface area (Å²) in [5.41, 5.74) is 1.25. The number of thioether (sulfide) groups is 1. The molecule has 0 bridgehead atoms. The average Bonchev–Trinajstić information content (AvgIpc) is 2.64. The van der Waals surface area contributed by atoms with Gasteiger partial charge in [-0.15, -0.1) is 0 Å². The lowest BCUT2D eigenvalue weighted by atomic mass is 10.1. The van der Waals surface area contributed by atoms with E-state index in [0.29, 0.717) is 0 Å². The van der Waals surface area contributed by atoms with E-state index in [1.807, 2.05) is 23.9 Å². The zero-order valence-electron chi connectivity index (χ0n) is 14.4. The summed E-state index contributed by atoms with van der Waals surface area (Å²) in [6.07, 6.45) is 4.88. The lowest BCUT2D eigenvalue weighted by molar-refractivity contribution is 0.343. The number of methoxy groups -OCH3 is 1. The van der Waals surface area contributed by atoms with E-state index in [2.05, 4.69) is 28.9 Å². The van der Waals surface area contributed by atoms with Crippen molar-refractivity contribution in [1.82, 2.24) is 9.80 Å². The molecule has 2 aliphatic heterocycles. The fourth-order valence-electron chi connectivity index (χ4n) is 3.14. The summed E-state index contributed by atoms with van der Waals surface area (Å²) < 4.78 is 5.29. The maximum Gasteiger partial charge on any atom is 0.199 e. The highest BCUT2D eigenvalue weighted by Crippen LogP contribution is 2.39. The minimum absolute atomic E-state index is 0.192. The van der Waals surface area contributed by atoms with Crippen LogP contribution < -0.4 is 4.74 Å². The van der Waals surface area contributed by atoms with Gasteiger partial charge in [0.05, 0.1) is 7.11 Å². The number of rotatable bonds is 4. The summed E-state index contributed by atoms with van der Waals surface area (Å²) in [6.45, 7) is 5.30. The van der Waals surface area contributed by atoms with Gasteiger partial charge < -0.3 is 14.5 Å². The lowest BCUT2D eigenvalue weighted by Gasteiger charge is -2.39. The number of nitrogens with zero attached hydrogens (tertiary/aromatic N) is 3. The fourth-order valence-corrected chi connectivity index (χ4v) is 4.84. The van der Waals surface area contributed by atoms with Crippen LogP contribution in [0.3, 0.4) is 0 Å². The van der Waals surface area contributed by atoms with Gasteiger partial charge in [0.2, 0.25) is 0 Å². The standard InChI is InChI=1S/C18H25N3OS2/c1-3-11-21-16(14-7-9-15(22-2)10-8-14)24-18(19-17(21)23)20-12-5-4-6-13-20/h7-10,16H,3-6,11-13H2,1-2H3. The second-order valence-electron chi connectivity index (χ2n) is 6.16. The monoisotopic (exact) mass is 363 g/mol. The second kappa shape index (κ2) is 8.21. The van der Waals surface area contributed by atoms with Gasteiger partial charge in [-0.05, 0) is 55.6 Å². The Hall–Kier alpha value is -1.27. The Morgan fingerprint density at radius 2 is 1.92 bits per heavy atom. The van der Waals surface area contributed by atoms with Crippen LogP contribution in [-0.2, 0) is 0 Å². The third kappa shape index (κ3) is 3.86. The van der Waals surface area contributed by atoms with Crippen LogP contribution in [0.25, 0.3) is 0 Å². The van der Waals surface area contributed by atoms with Crippen molar-refractivity contribution in [2.75, 3.05) is 26.7 Å². The van der Waals surface area contributed by atoms with Crippen molar-refractivity contribution >= 4 is 34.3 Å². The van der Waals surface area contributed by atoms with Gasteiger partial charge in [-0.1, -0.05) is 30.8 Å². The molecule has 2 heterocycles. The first-order valence-electron chi connectivity index (χ1n) is 8.67. The van der Waals surface area contributed by atoms with E-state index in [-0.39, 0.29) is 5.37 Å². The number of likely N-dealkylation sites (tertiary alicyclic amines) is 1. The first kappa shape index (κ1) is 17.5. The van der Waals surface area contributed by atoms with Crippen LogP contribution >= 0.6 is 24.0 Å². The van der Waals surface area contributed by atoms with Crippen molar-refractivity contribution in [2.45, 2.75) is 38.0 Å². The van der Waals surface area contributed by atoms with Crippen LogP contribution in [0.1, 0.15) is 43.5 Å². The van der Waals surface area contributed by atoms with Gasteiger partial charge in [-0.25, -0.2) is 0 Å². The molecule has 6 heteroatoms. The van der Waals surface area contributed by atoms with Crippen molar-refractivity contribution in [1.29, 1.82) is 0 Å². The highest BCUT2D eigenvalue weighted by atomic mass is 32.2. The normalized spacial score (nSPS) is 21.7. The molecule has 130 valence electrons. The fraction of sp³-hybridized carbons (Fsp3) is 0.556. The van der Waals surface area contributed by atoms with Crippen LogP contribution in [-0.4, -0.2) is 46.8 Å². The minimum Gasteiger partial charge on any atom is -0.497 e. The first-order valence-corrected chi connectivity index (χ1v) is 9.96. The van der Waals surface area contributed by atoms with E-state index >= 15 is 0 Å². The van der Waals surface area contributed by atoms with Crippen LogP contribution in [0.2, 0.25) is 0 Å². The molecule has 1 fully saturated rings. The van der Waals surface area contributed by atoms with Crippen molar-refractivity contribution < 1.29 is 4.74 Å². The molecule has 0 spiro atoms. The molecular formula is C18H25N3OS2. The van der Waals surface area contributed by atoms with E-state index in [4.69, 9.17) is 21.9 Å². The molecule has 3 rings (SSSR count). The molecule has 0 aliphatic carbocycles. The average molecular weight is 364 g/mol. The number of piperidine rings is 1. The Kier molecular flexibility index (Phi) is 6.00. The Morgan fingerprint density at radius 1 is 1.21 bits per heavy atom. The highest BCUT2D eigenvalue weighted by Gasteiger charge is 2.31. The number of ether oxygens (including phenoxy) is 1. The van der Waals surface area contributed by atoms with Crippen molar-refractivity contribution in [3.05, 3.63) is 29.8 Å². The largest absolute Gasteiger partial charge is 0.497 e. The van der Waals surface area contributed by atoms with Crippen molar-refractivity contribution in [2.24, 2.45) is 4.99 Å². The lowest BCUT2D eigenvalue weighted by Crippen LogP contribution is -2.42. The third-order valence-corrected chi connectivity index (χ3v) is 6.07. The molecule has 1 aromatic rings. The number of amidine groups is 1. The Labute approximate surface area is 154 Å². The van der Waals surface area contributed by atoms with E-state index in [9.17, 15) is 0 Å². The van der Waals surface area contributed by atoms with Gasteiger partial charge in [0.25, 0.3) is 0 Å². The quantitative estimate of drug-likeness (QED) is 0.745. The minimum atomic E-state index is 0.192. The topological polar surface area (TPSA) is 28.1 Å². The molecule has 0 amide bonds. The molecule has 0 N–H and O–H groups in total. The van der Waals surface area contributed by atoms with Crippen LogP contribution in [0.4, 0.5) is 0 Å². The molecule has 0 saturated carbocycles. The van der Waals surface area contributed by atoms with Gasteiger partial charge in [0, 0.05) is 19.6 Å². The van der Waals surface area contributed by atoms with Crippen molar-refractivity contribution in [3.63, 3.8) is 0 Å². The maximum absolute atomic E-state index is 5.64. The van der Waals surface area contributed by atoms with Gasteiger partial charge in [0.1, 0.15) is 11.1 Å². The molecule has 1 atom stereocenters. The number of aliphatic imine (C=N–C) groups is 1. The second-order valence-corrected chi connectivity index (χ2v) is 7.57. The van der Waals surface area contributed by atoms with E-state index in [1.54, 1.807) is 7.11 Å². The molecule has 0 radical (unpaired) electrons. The molecule has 0 aromatic heterocycles. The third-order valence-electron chi connectivity index (χ3n) is 4.43. The summed E-state index contributed by atoms with van der Waals surface area (Å²) in [5, 5.41) is 2.00. The van der Waals surface area contributed by atoms with Gasteiger partial charge in [0.15, 0.2) is 10.3 Å². The summed E-state index contributed by atoms with van der Waals surface area (Å²) >= 11 is 7.47. The van der Waals surface area contributed by atoms with Crippen LogP contribution in [0.15, 0.2) is 29.3 Å². The molecule has 24 heavy (non-hydrogen) atoms. The zero-order valence-corrected chi connectivity index (χ0v) is 16.0. The number of benzene rings is 1. The molecule has 1 unspecified atom stereocenters. The van der Waals surface area contributed by atoms with E-state index < -0.39 is 0 Å². The van der Waals surface area contributed by atoms with Crippen LogP contribution in [0, 0.1) is 0 Å². The smallest absolute Gasteiger partial charge is 0.199 e. The number of hydrogen-bond acceptors (Lipinski definition) is 4. The van der Waals surface area contributed by atoms with Gasteiger partial charge in [-0.3, -0.25) is 0 Å². The predicted molar refractivity (Wildman–Crippen MR) is 106 cm³/mol. The summed E-state index contributed by atoms with van der Waals surface area (Å²) in [7, 11) is 1.70. The molecular weight excluding hydrogens is 338 g/mol. The summed E-state index contributed by atoms with van der Waals surface area (Å²) in [5.74, 6) is 0.883. The molecule has 1 aromatic carbocycles. The van der Waals surface area contributed by atoms with E-state index in [1.165, 1.54) is 24.8 Å². The SMILES string of the molecule is CCCN1C(=S)N=C(N2CCCCC2)SC1c1ccc(OC)cc1. The molecule has 1 saturated heterocycles. The molecule has 2 aliphatic rings. The number of hydrogen-bond donors (Lipinski definition) is 0.